The fourth-order valence-corrected chi connectivity index (χ4v) is 3.76. The van der Waals surface area contributed by atoms with E-state index in [0.29, 0.717) is 5.41 Å². The molecule has 1 spiro atoms. The van der Waals surface area contributed by atoms with E-state index < -0.39 is 0 Å². The van der Waals surface area contributed by atoms with Gasteiger partial charge in [0.2, 0.25) is 0 Å². The van der Waals surface area contributed by atoms with E-state index in [0.717, 1.165) is 32.1 Å². The van der Waals surface area contributed by atoms with Crippen LogP contribution < -0.4 is 5.73 Å². The molecule has 0 radical (unpaired) electrons. The topological polar surface area (TPSA) is 38.5 Å². The molecule has 1 saturated heterocycles. The van der Waals surface area contributed by atoms with Crippen molar-refractivity contribution in [2.45, 2.75) is 39.0 Å². The van der Waals surface area contributed by atoms with Crippen LogP contribution in [0.4, 0.5) is 0 Å². The van der Waals surface area contributed by atoms with Crippen LogP contribution in [-0.4, -0.2) is 44.3 Å². The number of nitrogens with zero attached hydrogens (tertiary/aromatic N) is 1. The smallest absolute Gasteiger partial charge is 0.0512 e. The first-order valence-electron chi connectivity index (χ1n) is 7.31. The number of hydrogen-bond acceptors (Lipinski definition) is 3. The van der Waals surface area contributed by atoms with E-state index in [1.807, 2.05) is 0 Å². The third-order valence-electron chi connectivity index (χ3n) is 4.68. The van der Waals surface area contributed by atoms with Gasteiger partial charge >= 0.3 is 0 Å². The summed E-state index contributed by atoms with van der Waals surface area (Å²) in [6.45, 7) is 8.46. The Morgan fingerprint density at radius 3 is 2.76 bits per heavy atom. The fourth-order valence-electron chi connectivity index (χ4n) is 3.76. The van der Waals surface area contributed by atoms with Gasteiger partial charge in [0, 0.05) is 25.6 Å². The predicted octanol–water partition coefficient (Wildman–Crippen LogP) is 1.86. The van der Waals surface area contributed by atoms with Crippen LogP contribution in [-0.2, 0) is 4.74 Å². The van der Waals surface area contributed by atoms with Crippen molar-refractivity contribution in [3.63, 3.8) is 0 Å². The number of ether oxygens (including phenoxy) is 1. The molecule has 2 N–H and O–H groups in total. The third kappa shape index (κ3) is 3.01. The number of hydrogen-bond donors (Lipinski definition) is 1. The summed E-state index contributed by atoms with van der Waals surface area (Å²) >= 11 is 0. The lowest BCUT2D eigenvalue weighted by Gasteiger charge is -2.29. The molecule has 2 aliphatic rings. The van der Waals surface area contributed by atoms with Gasteiger partial charge < -0.3 is 15.4 Å². The van der Waals surface area contributed by atoms with Crippen LogP contribution in [0.2, 0.25) is 0 Å². The quantitative estimate of drug-likeness (QED) is 0.770. The molecule has 1 heterocycles. The number of likely N-dealkylation sites (tertiary alicyclic amines) is 1. The molecule has 1 saturated carbocycles. The van der Waals surface area contributed by atoms with Gasteiger partial charge in [-0.15, -0.1) is 0 Å². The van der Waals surface area contributed by atoms with Gasteiger partial charge in [0.25, 0.3) is 0 Å². The zero-order valence-corrected chi connectivity index (χ0v) is 11.3. The van der Waals surface area contributed by atoms with E-state index in [2.05, 4.69) is 11.8 Å². The van der Waals surface area contributed by atoms with Crippen LogP contribution in [0.1, 0.15) is 39.0 Å². The van der Waals surface area contributed by atoms with Crippen molar-refractivity contribution in [1.82, 2.24) is 4.90 Å². The molecule has 3 heteroatoms. The van der Waals surface area contributed by atoms with Crippen molar-refractivity contribution >= 4 is 0 Å². The average Bonchev–Trinajstić information content (AvgIpc) is 2.93. The highest BCUT2D eigenvalue weighted by Crippen LogP contribution is 2.49. The maximum absolute atomic E-state index is 5.71. The monoisotopic (exact) mass is 240 g/mol. The first kappa shape index (κ1) is 13.3. The van der Waals surface area contributed by atoms with Crippen LogP contribution in [0.5, 0.6) is 0 Å². The van der Waals surface area contributed by atoms with Crippen molar-refractivity contribution in [3.8, 4) is 0 Å². The van der Waals surface area contributed by atoms with Crippen LogP contribution in [0.3, 0.4) is 0 Å². The maximum Gasteiger partial charge on any atom is 0.0512 e. The lowest BCUT2D eigenvalue weighted by molar-refractivity contribution is 0.0688. The molecular weight excluding hydrogens is 212 g/mol. The highest BCUT2D eigenvalue weighted by molar-refractivity contribution is 4.99. The van der Waals surface area contributed by atoms with Gasteiger partial charge in [-0.25, -0.2) is 0 Å². The van der Waals surface area contributed by atoms with E-state index in [1.165, 1.54) is 45.3 Å². The third-order valence-corrected chi connectivity index (χ3v) is 4.68. The van der Waals surface area contributed by atoms with Gasteiger partial charge in [-0.2, -0.15) is 0 Å². The molecule has 1 unspecified atom stereocenters. The molecule has 0 aromatic rings. The van der Waals surface area contributed by atoms with Crippen LogP contribution in [0.25, 0.3) is 0 Å². The molecular formula is C14H28N2O. The van der Waals surface area contributed by atoms with E-state index >= 15 is 0 Å². The second kappa shape index (κ2) is 6.17. The second-order valence-corrected chi connectivity index (χ2v) is 5.80. The second-order valence-electron chi connectivity index (χ2n) is 5.80. The highest BCUT2D eigenvalue weighted by Gasteiger charge is 2.47. The minimum atomic E-state index is 0.587. The van der Waals surface area contributed by atoms with E-state index in [4.69, 9.17) is 10.5 Å². The molecule has 1 aliphatic carbocycles. The lowest BCUT2D eigenvalue weighted by Crippen LogP contribution is -2.30. The predicted molar refractivity (Wildman–Crippen MR) is 71.0 cm³/mol. The van der Waals surface area contributed by atoms with Gasteiger partial charge in [-0.05, 0) is 44.7 Å². The van der Waals surface area contributed by atoms with E-state index in [9.17, 15) is 0 Å². The SMILES string of the molecule is CCOCC1CN(CCCN)CC12CCCC2. The Morgan fingerprint density at radius 1 is 1.35 bits per heavy atom. The lowest BCUT2D eigenvalue weighted by atomic mass is 9.77. The Bertz CT molecular complexity index is 226. The Hall–Kier alpha value is -0.120. The van der Waals surface area contributed by atoms with Gasteiger partial charge in [0.15, 0.2) is 0 Å². The van der Waals surface area contributed by atoms with Gasteiger partial charge in [-0.3, -0.25) is 0 Å². The first-order valence-corrected chi connectivity index (χ1v) is 7.31. The summed E-state index contributed by atoms with van der Waals surface area (Å²) in [5.74, 6) is 0.766. The molecule has 1 aliphatic heterocycles. The van der Waals surface area contributed by atoms with E-state index in [1.54, 1.807) is 0 Å². The van der Waals surface area contributed by atoms with Crippen molar-refractivity contribution in [2.75, 3.05) is 39.4 Å². The fraction of sp³-hybridized carbons (Fsp3) is 1.00. The number of nitrogens with two attached hydrogens (primary N) is 1. The van der Waals surface area contributed by atoms with Gasteiger partial charge in [-0.1, -0.05) is 12.8 Å². The zero-order valence-electron chi connectivity index (χ0n) is 11.3. The summed E-state index contributed by atoms with van der Waals surface area (Å²) in [5.41, 5.74) is 6.20. The molecule has 3 nitrogen and oxygen atoms in total. The highest BCUT2D eigenvalue weighted by atomic mass is 16.5. The zero-order chi connectivity index (χ0) is 12.1. The minimum Gasteiger partial charge on any atom is -0.381 e. The largest absolute Gasteiger partial charge is 0.381 e. The van der Waals surface area contributed by atoms with Crippen molar-refractivity contribution in [3.05, 3.63) is 0 Å². The summed E-state index contributed by atoms with van der Waals surface area (Å²) in [6.07, 6.45) is 6.83. The first-order chi connectivity index (χ1) is 8.30. The molecule has 0 amide bonds. The van der Waals surface area contributed by atoms with Crippen molar-refractivity contribution in [1.29, 1.82) is 0 Å². The van der Waals surface area contributed by atoms with Crippen LogP contribution >= 0.6 is 0 Å². The maximum atomic E-state index is 5.71. The summed E-state index contributed by atoms with van der Waals surface area (Å²) in [5, 5.41) is 0. The summed E-state index contributed by atoms with van der Waals surface area (Å²) in [7, 11) is 0. The molecule has 0 aromatic heterocycles. The van der Waals surface area contributed by atoms with Crippen molar-refractivity contribution in [2.24, 2.45) is 17.1 Å². The molecule has 0 aromatic carbocycles. The molecule has 1 atom stereocenters. The summed E-state index contributed by atoms with van der Waals surface area (Å²) in [6, 6.07) is 0. The summed E-state index contributed by atoms with van der Waals surface area (Å²) in [4.78, 5) is 2.63. The van der Waals surface area contributed by atoms with Crippen LogP contribution in [0, 0.1) is 11.3 Å². The molecule has 2 rings (SSSR count). The Labute approximate surface area is 106 Å². The Kier molecular flexibility index (Phi) is 4.83. The molecule has 2 fully saturated rings. The Morgan fingerprint density at radius 2 is 2.12 bits per heavy atom. The standard InChI is InChI=1S/C14H28N2O/c1-2-17-11-13-10-16(9-5-8-15)12-14(13)6-3-4-7-14/h13H,2-12,15H2,1H3. The summed E-state index contributed by atoms with van der Waals surface area (Å²) < 4.78 is 5.71. The average molecular weight is 240 g/mol. The van der Waals surface area contributed by atoms with Crippen LogP contribution in [0.15, 0.2) is 0 Å². The van der Waals surface area contributed by atoms with Gasteiger partial charge in [0.05, 0.1) is 6.61 Å². The molecule has 17 heavy (non-hydrogen) atoms. The van der Waals surface area contributed by atoms with E-state index in [-0.39, 0.29) is 0 Å². The molecule has 100 valence electrons. The normalized spacial score (nSPS) is 28.2. The van der Waals surface area contributed by atoms with Gasteiger partial charge in [0.1, 0.15) is 0 Å². The molecule has 0 bridgehead atoms. The number of rotatable bonds is 6. The Balaban J connectivity index is 1.92. The minimum absolute atomic E-state index is 0.587. The van der Waals surface area contributed by atoms with Crippen molar-refractivity contribution < 1.29 is 4.74 Å².